The molecule has 0 amide bonds. The van der Waals surface area contributed by atoms with Gasteiger partial charge in [0.2, 0.25) is 0 Å². The summed E-state index contributed by atoms with van der Waals surface area (Å²) in [6, 6.07) is 17.1. The molecule has 1 atom stereocenters. The van der Waals surface area contributed by atoms with E-state index in [1.165, 1.54) is 6.33 Å². The molecular formula is C24H25N3O3. The van der Waals surface area contributed by atoms with Gasteiger partial charge in [0.15, 0.2) is 5.78 Å². The van der Waals surface area contributed by atoms with Crippen molar-refractivity contribution in [2.75, 3.05) is 13.2 Å². The van der Waals surface area contributed by atoms with Crippen LogP contribution in [0.4, 0.5) is 0 Å². The van der Waals surface area contributed by atoms with Gasteiger partial charge in [-0.05, 0) is 30.0 Å². The van der Waals surface area contributed by atoms with E-state index < -0.39 is 6.04 Å². The van der Waals surface area contributed by atoms with Crippen molar-refractivity contribution in [2.45, 2.75) is 25.8 Å². The number of hydrogen-bond donors (Lipinski definition) is 1. The molecule has 0 spiro atoms. The second-order valence-corrected chi connectivity index (χ2v) is 6.90. The SMILES string of the molecule is CCOC(=O)CN[C@@H](Cc1ccccc1)C(=O)Cc1cccc(-c2cncnc2)c1. The number of benzene rings is 2. The molecule has 154 valence electrons. The minimum Gasteiger partial charge on any atom is -0.465 e. The van der Waals surface area contributed by atoms with Crippen LogP contribution in [0, 0.1) is 0 Å². The van der Waals surface area contributed by atoms with Crippen LogP contribution in [0.5, 0.6) is 0 Å². The number of esters is 1. The molecule has 0 aliphatic heterocycles. The van der Waals surface area contributed by atoms with E-state index in [4.69, 9.17) is 4.74 Å². The Morgan fingerprint density at radius 1 is 0.967 bits per heavy atom. The van der Waals surface area contributed by atoms with Gasteiger partial charge in [-0.2, -0.15) is 0 Å². The molecule has 3 aromatic rings. The Balaban J connectivity index is 1.72. The first kappa shape index (κ1) is 21.3. The van der Waals surface area contributed by atoms with E-state index in [9.17, 15) is 9.59 Å². The number of ether oxygens (including phenoxy) is 1. The highest BCUT2D eigenvalue weighted by molar-refractivity contribution is 5.87. The number of carbonyl (C=O) groups excluding carboxylic acids is 2. The van der Waals surface area contributed by atoms with Crippen molar-refractivity contribution < 1.29 is 14.3 Å². The molecule has 1 N–H and O–H groups in total. The molecule has 0 fully saturated rings. The van der Waals surface area contributed by atoms with E-state index in [1.807, 2.05) is 54.6 Å². The Morgan fingerprint density at radius 3 is 2.43 bits per heavy atom. The Morgan fingerprint density at radius 2 is 1.70 bits per heavy atom. The Labute approximate surface area is 176 Å². The summed E-state index contributed by atoms with van der Waals surface area (Å²) in [6.45, 7) is 2.07. The molecule has 0 aliphatic carbocycles. The summed E-state index contributed by atoms with van der Waals surface area (Å²) in [5.41, 5.74) is 3.79. The third-order valence-electron chi connectivity index (χ3n) is 4.67. The summed E-state index contributed by atoms with van der Waals surface area (Å²) in [5.74, 6) is -0.348. The van der Waals surface area contributed by atoms with Crippen molar-refractivity contribution >= 4 is 11.8 Å². The van der Waals surface area contributed by atoms with Crippen molar-refractivity contribution in [1.82, 2.24) is 15.3 Å². The summed E-state index contributed by atoms with van der Waals surface area (Å²) in [6.07, 6.45) is 5.74. The average Bonchev–Trinajstić information content (AvgIpc) is 2.78. The Hall–Kier alpha value is -3.38. The highest BCUT2D eigenvalue weighted by Crippen LogP contribution is 2.19. The molecule has 0 radical (unpaired) electrons. The van der Waals surface area contributed by atoms with Crippen LogP contribution < -0.4 is 5.32 Å². The van der Waals surface area contributed by atoms with Crippen LogP contribution in [-0.2, 0) is 27.2 Å². The molecule has 6 nitrogen and oxygen atoms in total. The molecular weight excluding hydrogens is 378 g/mol. The van der Waals surface area contributed by atoms with E-state index in [-0.39, 0.29) is 24.7 Å². The maximum atomic E-state index is 13.1. The fraction of sp³-hybridized carbons (Fsp3) is 0.250. The van der Waals surface area contributed by atoms with Gasteiger partial charge in [0.25, 0.3) is 0 Å². The van der Waals surface area contributed by atoms with Crippen molar-refractivity contribution in [2.24, 2.45) is 0 Å². The van der Waals surface area contributed by atoms with Gasteiger partial charge in [-0.3, -0.25) is 14.9 Å². The van der Waals surface area contributed by atoms with Crippen LogP contribution in [0.2, 0.25) is 0 Å². The number of ketones is 1. The predicted octanol–water partition coefficient (Wildman–Crippen LogP) is 3.02. The maximum Gasteiger partial charge on any atom is 0.319 e. The quantitative estimate of drug-likeness (QED) is 0.524. The number of nitrogens with one attached hydrogen (secondary N) is 1. The number of hydrogen-bond acceptors (Lipinski definition) is 6. The lowest BCUT2D eigenvalue weighted by atomic mass is 9.96. The zero-order valence-corrected chi connectivity index (χ0v) is 17.0. The van der Waals surface area contributed by atoms with Gasteiger partial charge in [0, 0.05) is 24.4 Å². The zero-order chi connectivity index (χ0) is 21.2. The molecule has 6 heteroatoms. The molecule has 3 rings (SSSR count). The predicted molar refractivity (Wildman–Crippen MR) is 115 cm³/mol. The lowest BCUT2D eigenvalue weighted by Crippen LogP contribution is -2.42. The van der Waals surface area contributed by atoms with Gasteiger partial charge in [-0.25, -0.2) is 9.97 Å². The van der Waals surface area contributed by atoms with Gasteiger partial charge in [-0.1, -0.05) is 54.6 Å². The van der Waals surface area contributed by atoms with Crippen LogP contribution in [0.15, 0.2) is 73.3 Å². The summed E-state index contributed by atoms with van der Waals surface area (Å²) >= 11 is 0. The first-order valence-corrected chi connectivity index (χ1v) is 9.95. The molecule has 0 saturated carbocycles. The van der Waals surface area contributed by atoms with E-state index in [1.54, 1.807) is 19.3 Å². The number of aromatic nitrogens is 2. The van der Waals surface area contributed by atoms with E-state index >= 15 is 0 Å². The molecule has 0 saturated heterocycles. The molecule has 0 bridgehead atoms. The standard InChI is InChI=1S/C24H25N3O3/c1-2-30-24(29)16-27-22(12-18-7-4-3-5-8-18)23(28)13-19-9-6-10-20(11-19)21-14-25-17-26-15-21/h3-11,14-15,17,22,27H,2,12-13,16H2,1H3/t22-/m0/s1. The monoisotopic (exact) mass is 403 g/mol. The highest BCUT2D eigenvalue weighted by Gasteiger charge is 2.20. The summed E-state index contributed by atoms with van der Waals surface area (Å²) < 4.78 is 4.98. The average molecular weight is 403 g/mol. The first-order valence-electron chi connectivity index (χ1n) is 9.95. The van der Waals surface area contributed by atoms with Crippen LogP contribution in [0.1, 0.15) is 18.1 Å². The lowest BCUT2D eigenvalue weighted by Gasteiger charge is -2.18. The number of nitrogens with zero attached hydrogens (tertiary/aromatic N) is 2. The van der Waals surface area contributed by atoms with Crippen molar-refractivity contribution in [1.29, 1.82) is 0 Å². The third-order valence-corrected chi connectivity index (χ3v) is 4.67. The summed E-state index contributed by atoms with van der Waals surface area (Å²) in [5, 5.41) is 3.08. The van der Waals surface area contributed by atoms with Gasteiger partial charge in [0.05, 0.1) is 19.2 Å². The van der Waals surface area contributed by atoms with E-state index in [0.29, 0.717) is 13.0 Å². The first-order chi connectivity index (χ1) is 14.7. The highest BCUT2D eigenvalue weighted by atomic mass is 16.5. The van der Waals surface area contributed by atoms with Gasteiger partial charge < -0.3 is 4.74 Å². The van der Waals surface area contributed by atoms with Gasteiger partial charge in [0.1, 0.15) is 6.33 Å². The Bertz CT molecular complexity index is 962. The maximum absolute atomic E-state index is 13.1. The molecule has 30 heavy (non-hydrogen) atoms. The van der Waals surface area contributed by atoms with Gasteiger partial charge in [-0.15, -0.1) is 0 Å². The molecule has 0 unspecified atom stereocenters. The van der Waals surface area contributed by atoms with E-state index in [0.717, 1.165) is 22.3 Å². The topological polar surface area (TPSA) is 81.2 Å². The fourth-order valence-electron chi connectivity index (χ4n) is 3.20. The number of carbonyl (C=O) groups is 2. The molecule has 2 aromatic carbocycles. The lowest BCUT2D eigenvalue weighted by molar-refractivity contribution is -0.142. The minimum atomic E-state index is -0.486. The number of Topliss-reactive ketones (excluding diaryl/α,β-unsaturated/α-hetero) is 1. The zero-order valence-electron chi connectivity index (χ0n) is 17.0. The second-order valence-electron chi connectivity index (χ2n) is 6.90. The van der Waals surface area contributed by atoms with Crippen LogP contribution in [0.25, 0.3) is 11.1 Å². The Kier molecular flexibility index (Phi) is 7.80. The van der Waals surface area contributed by atoms with Crippen molar-refractivity contribution in [3.05, 3.63) is 84.4 Å². The van der Waals surface area contributed by atoms with Crippen molar-refractivity contribution in [3.8, 4) is 11.1 Å². The van der Waals surface area contributed by atoms with Gasteiger partial charge >= 0.3 is 5.97 Å². The normalized spacial score (nSPS) is 11.6. The van der Waals surface area contributed by atoms with Crippen LogP contribution >= 0.6 is 0 Å². The summed E-state index contributed by atoms with van der Waals surface area (Å²) in [4.78, 5) is 33.0. The molecule has 0 aliphatic rings. The van der Waals surface area contributed by atoms with Crippen LogP contribution in [-0.4, -0.2) is 40.9 Å². The fourth-order valence-corrected chi connectivity index (χ4v) is 3.20. The van der Waals surface area contributed by atoms with Crippen LogP contribution in [0.3, 0.4) is 0 Å². The van der Waals surface area contributed by atoms with Crippen molar-refractivity contribution in [3.63, 3.8) is 0 Å². The number of rotatable bonds is 10. The van der Waals surface area contributed by atoms with E-state index in [2.05, 4.69) is 15.3 Å². The third kappa shape index (κ3) is 6.32. The second kappa shape index (κ2) is 11.0. The smallest absolute Gasteiger partial charge is 0.319 e. The molecule has 1 heterocycles. The largest absolute Gasteiger partial charge is 0.465 e. The summed E-state index contributed by atoms with van der Waals surface area (Å²) in [7, 11) is 0. The minimum absolute atomic E-state index is 0.00151. The molecule has 1 aromatic heterocycles.